The van der Waals surface area contributed by atoms with Crippen molar-refractivity contribution in [3.8, 4) is 5.75 Å². The maximum atomic E-state index is 5.82. The van der Waals surface area contributed by atoms with Crippen molar-refractivity contribution >= 4 is 17.2 Å². The van der Waals surface area contributed by atoms with Crippen molar-refractivity contribution in [3.05, 3.63) is 41.5 Å². The van der Waals surface area contributed by atoms with Gasteiger partial charge in [0.15, 0.2) is 0 Å². The van der Waals surface area contributed by atoms with Crippen molar-refractivity contribution in [1.82, 2.24) is 4.90 Å². The van der Waals surface area contributed by atoms with E-state index in [1.54, 1.807) is 7.11 Å². The molecule has 3 rings (SSSR count). The summed E-state index contributed by atoms with van der Waals surface area (Å²) in [5.74, 6) is 1.64. The van der Waals surface area contributed by atoms with E-state index < -0.39 is 0 Å². The molecular weight excluding hydrogens is 290 g/mol. The fourth-order valence-electron chi connectivity index (χ4n) is 4.07. The molecule has 0 saturated carbocycles. The van der Waals surface area contributed by atoms with Crippen LogP contribution in [-0.2, 0) is 5.41 Å². The predicted octanol–water partition coefficient (Wildman–Crippen LogP) is 4.34. The van der Waals surface area contributed by atoms with E-state index in [1.807, 2.05) is 6.07 Å². The number of piperidine rings is 1. The van der Waals surface area contributed by atoms with Gasteiger partial charge in [0.05, 0.1) is 7.11 Å². The normalized spacial score (nSPS) is 28.1. The van der Waals surface area contributed by atoms with E-state index in [0.717, 1.165) is 36.7 Å². The van der Waals surface area contributed by atoms with Crippen LogP contribution in [0.25, 0.3) is 0 Å². The summed E-state index contributed by atoms with van der Waals surface area (Å²) in [6.45, 7) is 6.60. The number of ether oxygens (including phenoxy) is 1. The van der Waals surface area contributed by atoms with Crippen LogP contribution in [0.5, 0.6) is 5.75 Å². The number of hydrogen-bond donors (Lipinski definition) is 0. The lowest BCUT2D eigenvalue weighted by molar-refractivity contribution is 0.276. The zero-order valence-corrected chi connectivity index (χ0v) is 14.6. The first kappa shape index (κ1) is 15.5. The van der Waals surface area contributed by atoms with Crippen LogP contribution in [0.15, 0.2) is 35.9 Å². The van der Waals surface area contributed by atoms with Crippen LogP contribution in [0.1, 0.15) is 38.7 Å². The molecule has 2 aliphatic rings. The highest BCUT2D eigenvalue weighted by atomic mass is 32.1. The molecule has 0 radical (unpaired) electrons. The molecule has 1 aliphatic carbocycles. The third kappa shape index (κ3) is 2.45. The molecule has 0 amide bonds. The summed E-state index contributed by atoms with van der Waals surface area (Å²) in [4.78, 5) is 3.40. The third-order valence-corrected chi connectivity index (χ3v) is 5.75. The largest absolute Gasteiger partial charge is 0.497 e. The molecule has 3 heteroatoms. The molecule has 22 heavy (non-hydrogen) atoms. The highest BCUT2D eigenvalue weighted by Crippen LogP contribution is 2.49. The average Bonchev–Trinajstić information content (AvgIpc) is 2.55. The Balaban J connectivity index is 2.09. The van der Waals surface area contributed by atoms with E-state index in [2.05, 4.69) is 43.0 Å². The van der Waals surface area contributed by atoms with Gasteiger partial charge in [-0.05, 0) is 55.4 Å². The zero-order chi connectivity index (χ0) is 15.7. The van der Waals surface area contributed by atoms with Gasteiger partial charge in [-0.1, -0.05) is 37.4 Å². The van der Waals surface area contributed by atoms with Gasteiger partial charge in [-0.25, -0.2) is 0 Å². The fraction of sp³-hybridized carbons (Fsp3) is 0.526. The number of methoxy groups -OCH3 is 1. The van der Waals surface area contributed by atoms with Crippen LogP contribution >= 0.6 is 12.2 Å². The second-order valence-corrected chi connectivity index (χ2v) is 7.00. The minimum atomic E-state index is 0.0783. The fourth-order valence-corrected chi connectivity index (χ4v) is 4.57. The number of benzene rings is 1. The first-order valence-corrected chi connectivity index (χ1v) is 8.66. The molecule has 2 nitrogen and oxygen atoms in total. The Morgan fingerprint density at radius 2 is 2.23 bits per heavy atom. The second-order valence-electron chi connectivity index (χ2n) is 6.61. The number of likely N-dealkylation sites (tertiary alicyclic amines) is 1. The Kier molecular flexibility index (Phi) is 4.26. The number of fused-ring (bicyclic) bond motifs is 1. The quantitative estimate of drug-likeness (QED) is 0.770. The molecule has 1 aliphatic heterocycles. The molecule has 0 aromatic heterocycles. The maximum absolute atomic E-state index is 5.82. The van der Waals surface area contributed by atoms with Crippen molar-refractivity contribution in [3.63, 3.8) is 0 Å². The summed E-state index contributed by atoms with van der Waals surface area (Å²) in [5.41, 5.74) is 2.82. The minimum Gasteiger partial charge on any atom is -0.497 e. The van der Waals surface area contributed by atoms with Gasteiger partial charge < -0.3 is 9.64 Å². The number of rotatable bonds is 3. The Morgan fingerprint density at radius 3 is 2.95 bits per heavy atom. The van der Waals surface area contributed by atoms with Crippen molar-refractivity contribution in [2.75, 3.05) is 20.2 Å². The molecule has 1 aromatic carbocycles. The lowest BCUT2D eigenvalue weighted by Gasteiger charge is -2.48. The first-order chi connectivity index (χ1) is 10.6. The molecule has 0 bridgehead atoms. The van der Waals surface area contributed by atoms with Gasteiger partial charge in [0, 0.05) is 18.5 Å². The van der Waals surface area contributed by atoms with E-state index >= 15 is 0 Å². The van der Waals surface area contributed by atoms with Crippen LogP contribution in [0.2, 0.25) is 0 Å². The van der Waals surface area contributed by atoms with Crippen LogP contribution in [0.4, 0.5) is 0 Å². The SMILES string of the molecule is CCN1CC[C@]2(c3cccc(OC)c3)C[C@@H](C)CC=C2C1=S. The van der Waals surface area contributed by atoms with Crippen molar-refractivity contribution in [1.29, 1.82) is 0 Å². The zero-order valence-electron chi connectivity index (χ0n) is 13.8. The third-order valence-electron chi connectivity index (χ3n) is 5.27. The number of likely N-dealkylation sites (N-methyl/N-ethyl adjacent to an activating group) is 1. The van der Waals surface area contributed by atoms with E-state index in [1.165, 1.54) is 17.6 Å². The van der Waals surface area contributed by atoms with Gasteiger partial charge in [0.2, 0.25) is 0 Å². The predicted molar refractivity (Wildman–Crippen MR) is 95.6 cm³/mol. The van der Waals surface area contributed by atoms with Crippen LogP contribution < -0.4 is 4.74 Å². The molecule has 1 aromatic rings. The Morgan fingerprint density at radius 1 is 1.41 bits per heavy atom. The molecule has 1 fully saturated rings. The van der Waals surface area contributed by atoms with Crippen LogP contribution in [0, 0.1) is 5.92 Å². The van der Waals surface area contributed by atoms with E-state index in [-0.39, 0.29) is 5.41 Å². The Labute approximate surface area is 139 Å². The molecule has 0 unspecified atom stereocenters. The van der Waals surface area contributed by atoms with Gasteiger partial charge in [-0.15, -0.1) is 0 Å². The Bertz CT molecular complexity index is 609. The number of nitrogens with zero attached hydrogens (tertiary/aromatic N) is 1. The van der Waals surface area contributed by atoms with Gasteiger partial charge in [0.1, 0.15) is 10.7 Å². The summed E-state index contributed by atoms with van der Waals surface area (Å²) in [7, 11) is 1.74. The van der Waals surface area contributed by atoms with Gasteiger partial charge in [-0.2, -0.15) is 0 Å². The molecule has 0 N–H and O–H groups in total. The highest BCUT2D eigenvalue weighted by Gasteiger charge is 2.45. The molecule has 0 spiro atoms. The highest BCUT2D eigenvalue weighted by molar-refractivity contribution is 7.80. The molecule has 1 heterocycles. The monoisotopic (exact) mass is 315 g/mol. The maximum Gasteiger partial charge on any atom is 0.119 e. The van der Waals surface area contributed by atoms with Crippen LogP contribution in [0.3, 0.4) is 0 Å². The van der Waals surface area contributed by atoms with E-state index in [9.17, 15) is 0 Å². The minimum absolute atomic E-state index is 0.0783. The Hall–Kier alpha value is -1.35. The van der Waals surface area contributed by atoms with Gasteiger partial charge >= 0.3 is 0 Å². The van der Waals surface area contributed by atoms with Gasteiger partial charge in [-0.3, -0.25) is 0 Å². The second kappa shape index (κ2) is 6.04. The van der Waals surface area contributed by atoms with E-state index in [4.69, 9.17) is 17.0 Å². The van der Waals surface area contributed by atoms with Crippen molar-refractivity contribution in [2.45, 2.75) is 38.5 Å². The van der Waals surface area contributed by atoms with Crippen molar-refractivity contribution < 1.29 is 4.74 Å². The summed E-state index contributed by atoms with van der Waals surface area (Å²) in [6.07, 6.45) is 5.87. The summed E-state index contributed by atoms with van der Waals surface area (Å²) in [5, 5.41) is 0. The van der Waals surface area contributed by atoms with Gasteiger partial charge in [0.25, 0.3) is 0 Å². The number of hydrogen-bond acceptors (Lipinski definition) is 2. The molecule has 1 saturated heterocycles. The first-order valence-electron chi connectivity index (χ1n) is 8.25. The summed E-state index contributed by atoms with van der Waals surface area (Å²) >= 11 is 5.82. The molecular formula is C19H25NOS. The molecule has 118 valence electrons. The summed E-state index contributed by atoms with van der Waals surface area (Å²) in [6, 6.07) is 8.58. The summed E-state index contributed by atoms with van der Waals surface area (Å²) < 4.78 is 5.46. The van der Waals surface area contributed by atoms with Crippen LogP contribution in [-0.4, -0.2) is 30.1 Å². The number of allylic oxidation sites excluding steroid dienone is 1. The topological polar surface area (TPSA) is 12.5 Å². The lowest BCUT2D eigenvalue weighted by Crippen LogP contribution is -2.49. The standard InChI is InChI=1S/C19H25NOS/c1-4-20-11-10-19(15-6-5-7-16(12-15)21-3)13-14(2)8-9-17(19)18(20)22/h5-7,9,12,14H,4,8,10-11,13H2,1-3H3/t14-,19+/m0/s1. The van der Waals surface area contributed by atoms with E-state index in [0.29, 0.717) is 5.92 Å². The lowest BCUT2D eigenvalue weighted by atomic mass is 9.61. The molecule has 2 atom stereocenters. The average molecular weight is 315 g/mol. The smallest absolute Gasteiger partial charge is 0.119 e. The van der Waals surface area contributed by atoms with Crippen molar-refractivity contribution in [2.24, 2.45) is 5.92 Å². The number of thiocarbonyl (C=S) groups is 1.